The minimum Gasteiger partial charge on any atom is -0.394 e. The molecule has 1 amide bonds. The van der Waals surface area contributed by atoms with Gasteiger partial charge in [0.05, 0.1) is 38.6 Å². The lowest BCUT2D eigenvalue weighted by Crippen LogP contribution is -2.66. The van der Waals surface area contributed by atoms with E-state index in [1.54, 1.807) is 0 Å². The summed E-state index contributed by atoms with van der Waals surface area (Å²) >= 11 is 0. The number of aliphatic hydroxyl groups is 11. The average Bonchev–Trinajstić information content (AvgIpc) is 1.83. The molecule has 0 radical (unpaired) electrons. The third-order valence-electron chi connectivity index (χ3n) is 18.7. The quantitative estimate of drug-likeness (QED) is 0.0252. The van der Waals surface area contributed by atoms with E-state index in [1.807, 2.05) is 0 Å². The Morgan fingerprint density at radius 2 is 0.648 bits per heavy atom. The molecule has 0 aliphatic carbocycles. The van der Waals surface area contributed by atoms with Crippen molar-refractivity contribution in [2.45, 2.75) is 407 Å². The highest BCUT2D eigenvalue weighted by Gasteiger charge is 2.53. The lowest BCUT2D eigenvalue weighted by molar-refractivity contribution is -0.379. The van der Waals surface area contributed by atoms with Crippen molar-refractivity contribution in [3.63, 3.8) is 0 Å². The number of hydrogen-bond donors (Lipinski definition) is 12. The second-order valence-corrected chi connectivity index (χ2v) is 26.4. The topological polar surface area (TPSA) is 307 Å². The Morgan fingerprint density at radius 3 is 0.989 bits per heavy atom. The minimum absolute atomic E-state index is 0.237. The Hall–Kier alpha value is -1.21. The van der Waals surface area contributed by atoms with Crippen LogP contribution in [0, 0.1) is 0 Å². The number of carbonyl (C=O) groups excluding carboxylic acids is 1. The molecule has 17 atom stereocenters. The first-order chi connectivity index (χ1) is 42.8. The van der Waals surface area contributed by atoms with Gasteiger partial charge < -0.3 is 89.9 Å². The van der Waals surface area contributed by atoms with E-state index in [1.165, 1.54) is 225 Å². The second-order valence-electron chi connectivity index (χ2n) is 26.4. The zero-order chi connectivity index (χ0) is 64.0. The summed E-state index contributed by atoms with van der Waals surface area (Å²) in [5.74, 6) is -0.237. The van der Waals surface area contributed by atoms with Crippen LogP contribution < -0.4 is 5.32 Å². The van der Waals surface area contributed by atoms with E-state index in [4.69, 9.17) is 28.4 Å². The van der Waals surface area contributed by atoms with Gasteiger partial charge in [-0.2, -0.15) is 0 Å². The van der Waals surface area contributed by atoms with Crippen LogP contribution in [0.15, 0.2) is 0 Å². The number of amides is 1. The molecule has 3 saturated heterocycles. The molecule has 19 nitrogen and oxygen atoms in total. The van der Waals surface area contributed by atoms with E-state index in [0.717, 1.165) is 44.9 Å². The third kappa shape index (κ3) is 33.8. The predicted molar refractivity (Wildman–Crippen MR) is 342 cm³/mol. The summed E-state index contributed by atoms with van der Waals surface area (Å²) in [4.78, 5) is 13.4. The van der Waals surface area contributed by atoms with Gasteiger partial charge in [0.1, 0.15) is 73.2 Å². The maximum absolute atomic E-state index is 13.4. The maximum Gasteiger partial charge on any atom is 0.220 e. The molecule has 3 rings (SSSR count). The van der Waals surface area contributed by atoms with E-state index >= 15 is 0 Å². The molecule has 0 aromatic heterocycles. The number of carbonyl (C=O) groups is 1. The number of nitrogens with one attached hydrogen (secondary N) is 1. The summed E-state index contributed by atoms with van der Waals surface area (Å²) in [5.41, 5.74) is 0. The number of hydrogen-bond acceptors (Lipinski definition) is 18. The molecular weight excluding hydrogens is 1130 g/mol. The van der Waals surface area contributed by atoms with E-state index < -0.39 is 124 Å². The fourth-order valence-electron chi connectivity index (χ4n) is 12.8. The average molecular weight is 1260 g/mol. The first-order valence-electron chi connectivity index (χ1n) is 36.3. The van der Waals surface area contributed by atoms with Crippen molar-refractivity contribution in [3.05, 3.63) is 0 Å². The molecule has 3 aliphatic heterocycles. The summed E-state index contributed by atoms with van der Waals surface area (Å²) in [6, 6.07) is -0.880. The van der Waals surface area contributed by atoms with Gasteiger partial charge in [-0.05, 0) is 12.8 Å². The van der Waals surface area contributed by atoms with Crippen molar-refractivity contribution in [3.8, 4) is 0 Å². The van der Waals surface area contributed by atoms with Gasteiger partial charge in [0.2, 0.25) is 5.91 Å². The molecule has 3 fully saturated rings. The van der Waals surface area contributed by atoms with Gasteiger partial charge >= 0.3 is 0 Å². The molecule has 0 aromatic carbocycles. The SMILES string of the molecule is CCCCCCCCCCCCCCCCCCCCCCCCCCCCCCCCCCCC(=O)NC(COC1OC(CO)C(OC2OC(CO)C(OC3OC(CO)C(O)C(O)C3O)C(O)C2O)C(O)C1O)C(O)CCCCCCCCCCCC. The zero-order valence-electron chi connectivity index (χ0n) is 55.2. The highest BCUT2D eigenvalue weighted by atomic mass is 16.8. The molecule has 0 aromatic rings. The first kappa shape index (κ1) is 81.0. The van der Waals surface area contributed by atoms with Crippen molar-refractivity contribution < 1.29 is 89.4 Å². The normalized spacial score (nSPS) is 28.3. The van der Waals surface area contributed by atoms with Crippen LogP contribution in [0.3, 0.4) is 0 Å². The van der Waals surface area contributed by atoms with Gasteiger partial charge in [-0.15, -0.1) is 0 Å². The lowest BCUT2D eigenvalue weighted by atomic mass is 9.96. The summed E-state index contributed by atoms with van der Waals surface area (Å²) in [7, 11) is 0. The number of ether oxygens (including phenoxy) is 6. The van der Waals surface area contributed by atoms with Crippen LogP contribution in [-0.2, 0) is 33.2 Å². The summed E-state index contributed by atoms with van der Waals surface area (Å²) in [6.45, 7) is 1.81. The smallest absolute Gasteiger partial charge is 0.220 e. The predicted octanol–water partition coefficient (Wildman–Crippen LogP) is 9.89. The molecule has 88 heavy (non-hydrogen) atoms. The highest BCUT2D eigenvalue weighted by molar-refractivity contribution is 5.76. The molecule has 0 saturated carbocycles. The number of unbranched alkanes of at least 4 members (excludes halogenated alkanes) is 41. The number of rotatable bonds is 57. The molecule has 12 N–H and O–H groups in total. The van der Waals surface area contributed by atoms with Crippen LogP contribution in [0.4, 0.5) is 0 Å². The molecule has 0 bridgehead atoms. The van der Waals surface area contributed by atoms with Gasteiger partial charge in [-0.25, -0.2) is 0 Å². The second kappa shape index (κ2) is 52.1. The number of aliphatic hydroxyl groups excluding tert-OH is 11. The standard InChI is InChI=1S/C69H133NO18/c1-3-5-7-9-11-13-15-16-17-18-19-20-21-22-23-24-25-26-27-28-29-30-31-32-33-34-35-36-37-39-41-43-45-47-57(75)70-52(53(74)46-44-42-40-38-14-12-10-8-6-4-2)51-83-67-63(81)60(78)65(55(49-72)85-67)88-69-64(82)61(79)66(56(50-73)86-69)87-68-62(80)59(77)58(76)54(48-71)84-68/h52-56,58-69,71-74,76-82H,3-51H2,1-2H3,(H,70,75). The van der Waals surface area contributed by atoms with Crippen LogP contribution in [0.1, 0.15) is 303 Å². The summed E-state index contributed by atoms with van der Waals surface area (Å²) in [5, 5.41) is 120. The third-order valence-corrected chi connectivity index (χ3v) is 18.7. The van der Waals surface area contributed by atoms with Crippen LogP contribution in [0.25, 0.3) is 0 Å². The molecule has 0 spiro atoms. The summed E-state index contributed by atoms with van der Waals surface area (Å²) < 4.78 is 34.4. The zero-order valence-corrected chi connectivity index (χ0v) is 55.2. The molecule has 522 valence electrons. The molecular formula is C69H133NO18. The molecule has 3 heterocycles. The Balaban J connectivity index is 1.30. The largest absolute Gasteiger partial charge is 0.394 e. The molecule has 19 heteroatoms. The van der Waals surface area contributed by atoms with Gasteiger partial charge in [-0.3, -0.25) is 4.79 Å². The highest BCUT2D eigenvalue weighted by Crippen LogP contribution is 2.33. The first-order valence-corrected chi connectivity index (χ1v) is 36.3. The van der Waals surface area contributed by atoms with Crippen molar-refractivity contribution in [1.29, 1.82) is 0 Å². The van der Waals surface area contributed by atoms with E-state index in [0.29, 0.717) is 12.8 Å². The minimum atomic E-state index is -1.97. The Kier molecular flexibility index (Phi) is 48.0. The van der Waals surface area contributed by atoms with Crippen LogP contribution in [0.5, 0.6) is 0 Å². The Labute approximate surface area is 532 Å². The van der Waals surface area contributed by atoms with Crippen molar-refractivity contribution in [2.24, 2.45) is 0 Å². The maximum atomic E-state index is 13.4. The molecule has 3 aliphatic rings. The van der Waals surface area contributed by atoms with E-state index in [-0.39, 0.29) is 18.9 Å². The van der Waals surface area contributed by atoms with Gasteiger partial charge in [0.25, 0.3) is 0 Å². The summed E-state index contributed by atoms with van der Waals surface area (Å²) in [6.07, 6.45) is 29.5. The van der Waals surface area contributed by atoms with Crippen molar-refractivity contribution >= 4 is 5.91 Å². The fourth-order valence-corrected chi connectivity index (χ4v) is 12.8. The van der Waals surface area contributed by atoms with Crippen molar-refractivity contribution in [2.75, 3.05) is 26.4 Å². The van der Waals surface area contributed by atoms with Crippen LogP contribution in [-0.4, -0.2) is 193 Å². The Bertz CT molecular complexity index is 1600. The molecule has 17 unspecified atom stereocenters. The van der Waals surface area contributed by atoms with E-state index in [9.17, 15) is 61.0 Å². The van der Waals surface area contributed by atoms with Gasteiger partial charge in [0, 0.05) is 6.42 Å². The fraction of sp³-hybridized carbons (Fsp3) is 0.986. The van der Waals surface area contributed by atoms with Gasteiger partial charge in [-0.1, -0.05) is 284 Å². The van der Waals surface area contributed by atoms with Crippen LogP contribution in [0.2, 0.25) is 0 Å². The van der Waals surface area contributed by atoms with Crippen molar-refractivity contribution in [1.82, 2.24) is 5.32 Å². The van der Waals surface area contributed by atoms with E-state index in [2.05, 4.69) is 19.2 Å². The Morgan fingerprint density at radius 1 is 0.364 bits per heavy atom. The lowest BCUT2D eigenvalue weighted by Gasteiger charge is -2.48. The van der Waals surface area contributed by atoms with Gasteiger partial charge in [0.15, 0.2) is 18.9 Å². The monoisotopic (exact) mass is 1260 g/mol. The van der Waals surface area contributed by atoms with Crippen LogP contribution >= 0.6 is 0 Å².